The van der Waals surface area contributed by atoms with Gasteiger partial charge in [0.1, 0.15) is 0 Å². The van der Waals surface area contributed by atoms with E-state index in [2.05, 4.69) is 0 Å². The van der Waals surface area contributed by atoms with Crippen LogP contribution in [0.15, 0.2) is 53.4 Å². The number of para-hydroxylation sites is 1. The molecule has 0 saturated carbocycles. The molecule has 0 unspecified atom stereocenters. The second kappa shape index (κ2) is 6.25. The highest BCUT2D eigenvalue weighted by Crippen LogP contribution is 2.26. The van der Waals surface area contributed by atoms with Gasteiger partial charge in [-0.3, -0.25) is 10.1 Å². The predicted molar refractivity (Wildman–Crippen MR) is 82.9 cm³/mol. The molecule has 0 aromatic heterocycles. The van der Waals surface area contributed by atoms with Crippen molar-refractivity contribution in [2.45, 2.75) is 18.4 Å². The van der Waals surface area contributed by atoms with Crippen LogP contribution in [0.25, 0.3) is 0 Å². The molecule has 0 aliphatic carbocycles. The topological polar surface area (TPSA) is 80.5 Å². The summed E-state index contributed by atoms with van der Waals surface area (Å²) in [6.45, 7) is 2.09. The summed E-state index contributed by atoms with van der Waals surface area (Å²) in [4.78, 5) is 10.0. The van der Waals surface area contributed by atoms with Crippen molar-refractivity contribution < 1.29 is 13.3 Å². The number of nitrogens with zero attached hydrogens (tertiary/aromatic N) is 2. The van der Waals surface area contributed by atoms with Crippen molar-refractivity contribution in [2.24, 2.45) is 0 Å². The average Bonchev–Trinajstić information content (AvgIpc) is 2.49. The quantitative estimate of drug-likeness (QED) is 0.626. The molecule has 6 nitrogen and oxygen atoms in total. The molecule has 0 heterocycles. The Morgan fingerprint density at radius 1 is 1.09 bits per heavy atom. The molecule has 0 aliphatic rings. The van der Waals surface area contributed by atoms with E-state index in [9.17, 15) is 18.5 Å². The highest BCUT2D eigenvalue weighted by atomic mass is 32.2. The molecule has 116 valence electrons. The Morgan fingerprint density at radius 2 is 1.68 bits per heavy atom. The molecule has 0 amide bonds. The van der Waals surface area contributed by atoms with Crippen molar-refractivity contribution in [3.8, 4) is 0 Å². The third-order valence-corrected chi connectivity index (χ3v) is 5.13. The summed E-state index contributed by atoms with van der Waals surface area (Å²) in [5.74, 6) is 0. The van der Waals surface area contributed by atoms with Crippen LogP contribution in [0.3, 0.4) is 0 Å². The second-order valence-electron chi connectivity index (χ2n) is 4.97. The number of hydrogen-bond donors (Lipinski definition) is 0. The zero-order chi connectivity index (χ0) is 16.3. The number of hydrogen-bond acceptors (Lipinski definition) is 4. The van der Waals surface area contributed by atoms with Crippen LogP contribution in [-0.4, -0.2) is 24.7 Å². The normalized spacial score (nSPS) is 11.6. The molecule has 0 saturated heterocycles. The Balaban J connectivity index is 2.34. The van der Waals surface area contributed by atoms with E-state index < -0.39 is 20.6 Å². The smallest absolute Gasteiger partial charge is 0.258 e. The first kappa shape index (κ1) is 16.1. The molecule has 7 heteroatoms. The van der Waals surface area contributed by atoms with Crippen LogP contribution in [0.1, 0.15) is 11.1 Å². The molecule has 2 rings (SSSR count). The Bertz CT molecular complexity index is 785. The third-order valence-electron chi connectivity index (χ3n) is 3.28. The molecule has 0 radical (unpaired) electrons. The zero-order valence-corrected chi connectivity index (χ0v) is 13.1. The van der Waals surface area contributed by atoms with Gasteiger partial charge in [-0.05, 0) is 18.6 Å². The van der Waals surface area contributed by atoms with E-state index in [1.54, 1.807) is 0 Å². The average molecular weight is 320 g/mol. The molecule has 0 spiro atoms. The van der Waals surface area contributed by atoms with E-state index in [1.807, 2.05) is 31.2 Å². The predicted octanol–water partition coefficient (Wildman–Crippen LogP) is 2.72. The summed E-state index contributed by atoms with van der Waals surface area (Å²) in [5, 5.41) is 11.0. The first-order valence-electron chi connectivity index (χ1n) is 6.57. The van der Waals surface area contributed by atoms with Gasteiger partial charge >= 0.3 is 0 Å². The van der Waals surface area contributed by atoms with Gasteiger partial charge in [0.2, 0.25) is 10.0 Å². The fourth-order valence-corrected chi connectivity index (χ4v) is 3.34. The lowest BCUT2D eigenvalue weighted by Gasteiger charge is -2.17. The first-order chi connectivity index (χ1) is 10.3. The molecular weight excluding hydrogens is 304 g/mol. The van der Waals surface area contributed by atoms with Gasteiger partial charge in [0.25, 0.3) is 5.69 Å². The molecular formula is C15H16N2O4S. The molecule has 22 heavy (non-hydrogen) atoms. The van der Waals surface area contributed by atoms with Gasteiger partial charge in [0, 0.05) is 19.7 Å². The fraction of sp³-hybridized carbons (Fsp3) is 0.200. The van der Waals surface area contributed by atoms with E-state index in [-0.39, 0.29) is 11.4 Å². The molecule has 2 aromatic carbocycles. The Hall–Kier alpha value is -2.25. The van der Waals surface area contributed by atoms with Crippen LogP contribution >= 0.6 is 0 Å². The molecule has 0 N–H and O–H groups in total. The van der Waals surface area contributed by atoms with Gasteiger partial charge in [0.05, 0.1) is 4.92 Å². The first-order valence-corrected chi connectivity index (χ1v) is 8.01. The van der Waals surface area contributed by atoms with Gasteiger partial charge in [-0.1, -0.05) is 42.0 Å². The Labute approximate surface area is 129 Å². The van der Waals surface area contributed by atoms with E-state index >= 15 is 0 Å². The minimum absolute atomic E-state index is 0.147. The summed E-state index contributed by atoms with van der Waals surface area (Å²) in [6.07, 6.45) is 0. The van der Waals surface area contributed by atoms with Gasteiger partial charge in [-0.15, -0.1) is 0 Å². The Morgan fingerprint density at radius 3 is 2.27 bits per heavy atom. The highest BCUT2D eigenvalue weighted by molar-refractivity contribution is 7.89. The van der Waals surface area contributed by atoms with Crippen molar-refractivity contribution >= 4 is 15.7 Å². The standard InChI is InChI=1S/C15H16N2O4S/c1-12-7-9-13(10-8-12)11-16(2)22(20,21)15-6-4-3-5-14(15)17(18)19/h3-10H,11H2,1-2H3. The maximum Gasteiger partial charge on any atom is 0.289 e. The summed E-state index contributed by atoms with van der Waals surface area (Å²) >= 11 is 0. The maximum atomic E-state index is 12.6. The van der Waals surface area contributed by atoms with Crippen LogP contribution in [0.2, 0.25) is 0 Å². The van der Waals surface area contributed by atoms with Crippen LogP contribution in [0.5, 0.6) is 0 Å². The van der Waals surface area contributed by atoms with Crippen LogP contribution in [0, 0.1) is 17.0 Å². The lowest BCUT2D eigenvalue weighted by atomic mass is 10.1. The van der Waals surface area contributed by atoms with Crippen molar-refractivity contribution in [3.05, 3.63) is 69.8 Å². The van der Waals surface area contributed by atoms with Crippen LogP contribution in [0.4, 0.5) is 5.69 Å². The number of benzene rings is 2. The fourth-order valence-electron chi connectivity index (χ4n) is 2.03. The molecule has 0 aliphatic heterocycles. The molecule has 0 atom stereocenters. The lowest BCUT2D eigenvalue weighted by Crippen LogP contribution is -2.27. The highest BCUT2D eigenvalue weighted by Gasteiger charge is 2.28. The number of rotatable bonds is 5. The number of nitro groups is 1. The van der Waals surface area contributed by atoms with Crippen molar-refractivity contribution in [1.82, 2.24) is 4.31 Å². The van der Waals surface area contributed by atoms with Gasteiger partial charge in [0.15, 0.2) is 4.90 Å². The van der Waals surface area contributed by atoms with E-state index in [0.29, 0.717) is 0 Å². The molecule has 0 bridgehead atoms. The summed E-state index contributed by atoms with van der Waals surface area (Å²) in [7, 11) is -2.52. The van der Waals surface area contributed by atoms with Gasteiger partial charge in [-0.2, -0.15) is 4.31 Å². The minimum Gasteiger partial charge on any atom is -0.258 e. The third kappa shape index (κ3) is 3.32. The SMILES string of the molecule is Cc1ccc(CN(C)S(=O)(=O)c2ccccc2[N+](=O)[O-])cc1. The minimum atomic E-state index is -3.93. The molecule has 0 fully saturated rings. The van der Waals surface area contributed by atoms with E-state index in [1.165, 1.54) is 31.3 Å². The second-order valence-corrected chi connectivity index (χ2v) is 6.98. The van der Waals surface area contributed by atoms with Crippen molar-refractivity contribution in [1.29, 1.82) is 0 Å². The largest absolute Gasteiger partial charge is 0.289 e. The van der Waals surface area contributed by atoms with E-state index in [0.717, 1.165) is 15.4 Å². The van der Waals surface area contributed by atoms with Crippen LogP contribution < -0.4 is 0 Å². The van der Waals surface area contributed by atoms with Crippen LogP contribution in [-0.2, 0) is 16.6 Å². The summed E-state index contributed by atoms with van der Waals surface area (Å²) in [6, 6.07) is 12.8. The number of sulfonamides is 1. The zero-order valence-electron chi connectivity index (χ0n) is 12.3. The maximum absolute atomic E-state index is 12.6. The molecule has 2 aromatic rings. The monoisotopic (exact) mass is 320 g/mol. The van der Waals surface area contributed by atoms with Gasteiger partial charge in [-0.25, -0.2) is 8.42 Å². The van der Waals surface area contributed by atoms with Gasteiger partial charge < -0.3 is 0 Å². The lowest BCUT2D eigenvalue weighted by molar-refractivity contribution is -0.387. The number of aryl methyl sites for hydroxylation is 1. The summed E-state index contributed by atoms with van der Waals surface area (Å²) in [5.41, 5.74) is 1.47. The van der Waals surface area contributed by atoms with Crippen molar-refractivity contribution in [2.75, 3.05) is 7.05 Å². The summed E-state index contributed by atoms with van der Waals surface area (Å²) < 4.78 is 26.2. The Kier molecular flexibility index (Phi) is 4.58. The van der Waals surface area contributed by atoms with E-state index in [4.69, 9.17) is 0 Å². The van der Waals surface area contributed by atoms with Crippen molar-refractivity contribution in [3.63, 3.8) is 0 Å². The number of nitro benzene ring substituents is 1.